The molecule has 0 amide bonds. The normalized spacial score (nSPS) is 9.22. The minimum absolute atomic E-state index is 0. The van der Waals surface area contributed by atoms with Crippen LogP contribution in [0.4, 0.5) is 0 Å². The van der Waals surface area contributed by atoms with Gasteiger partial charge in [-0.15, -0.1) is 0 Å². The Kier molecular flexibility index (Phi) is 5.31. The first-order valence-electron chi connectivity index (χ1n) is 2.74. The van der Waals surface area contributed by atoms with E-state index in [1.54, 1.807) is 12.4 Å². The molecule has 0 radical (unpaired) electrons. The van der Waals surface area contributed by atoms with Crippen LogP contribution in [0.2, 0.25) is 0 Å². The van der Waals surface area contributed by atoms with Crippen molar-refractivity contribution in [2.45, 2.75) is 19.8 Å². The van der Waals surface area contributed by atoms with Crippen LogP contribution in [-0.2, 0) is 0 Å². The summed E-state index contributed by atoms with van der Waals surface area (Å²) in [6, 6.07) is 0. The van der Waals surface area contributed by atoms with Crippen LogP contribution in [-0.4, -0.2) is 5.10 Å². The van der Waals surface area contributed by atoms with E-state index in [9.17, 15) is 0 Å². The average molecular weight is 195 g/mol. The molecular formula is C6H9N2Rb. The van der Waals surface area contributed by atoms with Gasteiger partial charge in [0.25, 0.3) is 0 Å². The third-order valence-electron chi connectivity index (χ3n) is 1.15. The van der Waals surface area contributed by atoms with Crippen molar-refractivity contribution < 1.29 is 58.2 Å². The predicted octanol–water partition coefficient (Wildman–Crippen LogP) is -1.83. The molecule has 3 heteroatoms. The summed E-state index contributed by atoms with van der Waals surface area (Å²) in [4.78, 5) is 0. The van der Waals surface area contributed by atoms with Crippen molar-refractivity contribution in [1.29, 1.82) is 0 Å². The molecule has 0 saturated carbocycles. The Morgan fingerprint density at radius 2 is 2.22 bits per heavy atom. The summed E-state index contributed by atoms with van der Waals surface area (Å²) >= 11 is 0. The number of hydrogen-bond acceptors (Lipinski definition) is 1. The molecule has 0 unspecified atom stereocenters. The van der Waals surface area contributed by atoms with Crippen LogP contribution in [0.15, 0.2) is 12.4 Å². The summed E-state index contributed by atoms with van der Waals surface area (Å²) in [6.45, 7) is 4.25. The molecule has 0 bridgehead atoms. The van der Waals surface area contributed by atoms with Gasteiger partial charge in [0.1, 0.15) is 0 Å². The third kappa shape index (κ3) is 3.07. The molecule has 1 rings (SSSR count). The van der Waals surface area contributed by atoms with Gasteiger partial charge in [0.15, 0.2) is 0 Å². The first kappa shape index (κ1) is 10.0. The van der Waals surface area contributed by atoms with E-state index in [1.165, 1.54) is 5.56 Å². The topological polar surface area (TPSA) is 27.0 Å². The summed E-state index contributed by atoms with van der Waals surface area (Å²) in [6.07, 6.45) is 3.59. The van der Waals surface area contributed by atoms with E-state index in [0.717, 1.165) is 0 Å². The number of rotatable bonds is 1. The summed E-state index contributed by atoms with van der Waals surface area (Å²) in [7, 11) is 0. The van der Waals surface area contributed by atoms with Crippen molar-refractivity contribution in [3.8, 4) is 0 Å². The van der Waals surface area contributed by atoms with E-state index in [1.807, 2.05) is 0 Å². The van der Waals surface area contributed by atoms with Crippen LogP contribution < -0.4 is 63.3 Å². The van der Waals surface area contributed by atoms with E-state index in [0.29, 0.717) is 5.92 Å². The van der Waals surface area contributed by atoms with Gasteiger partial charge < -0.3 is 10.2 Å². The Balaban J connectivity index is 0.000000640. The molecule has 0 aromatic carbocycles. The van der Waals surface area contributed by atoms with Crippen molar-refractivity contribution in [3.05, 3.63) is 18.0 Å². The SMILES string of the molecule is CC(C)c1cn[n-]c1.[Rb+]. The van der Waals surface area contributed by atoms with Crippen molar-refractivity contribution >= 4 is 0 Å². The van der Waals surface area contributed by atoms with Crippen molar-refractivity contribution in [3.63, 3.8) is 0 Å². The fourth-order valence-electron chi connectivity index (χ4n) is 0.531. The predicted molar refractivity (Wildman–Crippen MR) is 31.6 cm³/mol. The molecule has 2 nitrogen and oxygen atoms in total. The molecule has 0 aliphatic heterocycles. The van der Waals surface area contributed by atoms with E-state index in [2.05, 4.69) is 24.0 Å². The molecule has 1 aromatic heterocycles. The second-order valence-corrected chi connectivity index (χ2v) is 2.14. The summed E-state index contributed by atoms with van der Waals surface area (Å²) < 4.78 is 0. The zero-order chi connectivity index (χ0) is 5.98. The van der Waals surface area contributed by atoms with Crippen LogP contribution in [0.5, 0.6) is 0 Å². The van der Waals surface area contributed by atoms with Crippen molar-refractivity contribution in [2.24, 2.45) is 0 Å². The zero-order valence-corrected chi connectivity index (χ0v) is 11.0. The van der Waals surface area contributed by atoms with Gasteiger partial charge >= 0.3 is 58.2 Å². The second-order valence-electron chi connectivity index (χ2n) is 2.14. The Labute approximate surface area is 104 Å². The first-order chi connectivity index (χ1) is 3.80. The molecule has 0 fully saturated rings. The molecule has 0 N–H and O–H groups in total. The molecule has 44 valence electrons. The van der Waals surface area contributed by atoms with Crippen molar-refractivity contribution in [1.82, 2.24) is 10.2 Å². The van der Waals surface area contributed by atoms with E-state index >= 15 is 0 Å². The van der Waals surface area contributed by atoms with E-state index < -0.39 is 0 Å². The third-order valence-corrected chi connectivity index (χ3v) is 1.15. The fourth-order valence-corrected chi connectivity index (χ4v) is 0.531. The van der Waals surface area contributed by atoms with Gasteiger partial charge in [-0.25, -0.2) is 0 Å². The van der Waals surface area contributed by atoms with Crippen LogP contribution >= 0.6 is 0 Å². The van der Waals surface area contributed by atoms with Crippen LogP contribution in [0, 0.1) is 0 Å². The number of hydrogen-bond donors (Lipinski definition) is 0. The van der Waals surface area contributed by atoms with Gasteiger partial charge in [-0.1, -0.05) is 13.8 Å². The molecule has 1 heterocycles. The Morgan fingerprint density at radius 1 is 1.56 bits per heavy atom. The van der Waals surface area contributed by atoms with E-state index in [4.69, 9.17) is 0 Å². The van der Waals surface area contributed by atoms with Gasteiger partial charge in [0.05, 0.1) is 0 Å². The Morgan fingerprint density at radius 3 is 2.44 bits per heavy atom. The monoisotopic (exact) mass is 194 g/mol. The van der Waals surface area contributed by atoms with Gasteiger partial charge in [-0.3, -0.25) is 0 Å². The molecule has 0 aliphatic rings. The number of nitrogens with zero attached hydrogens (tertiary/aromatic N) is 2. The maximum Gasteiger partial charge on any atom is 1.00 e. The second kappa shape index (κ2) is 4.77. The molecule has 0 spiro atoms. The Bertz CT molecular complexity index is 146. The van der Waals surface area contributed by atoms with Crippen LogP contribution in [0.1, 0.15) is 25.3 Å². The maximum atomic E-state index is 3.69. The van der Waals surface area contributed by atoms with Crippen LogP contribution in [0.25, 0.3) is 0 Å². The smallest absolute Gasteiger partial charge is 0.582 e. The molecular weight excluding hydrogens is 186 g/mol. The molecule has 1 aromatic rings. The van der Waals surface area contributed by atoms with Gasteiger partial charge in [0, 0.05) is 6.20 Å². The van der Waals surface area contributed by atoms with Gasteiger partial charge in [0.2, 0.25) is 0 Å². The molecule has 0 aliphatic carbocycles. The van der Waals surface area contributed by atoms with Crippen LogP contribution in [0.3, 0.4) is 0 Å². The molecule has 0 saturated heterocycles. The maximum absolute atomic E-state index is 3.69. The molecule has 0 atom stereocenters. The zero-order valence-electron chi connectivity index (χ0n) is 6.13. The average Bonchev–Trinajstić information content (AvgIpc) is 2.12. The van der Waals surface area contributed by atoms with Crippen molar-refractivity contribution in [2.75, 3.05) is 0 Å². The summed E-state index contributed by atoms with van der Waals surface area (Å²) in [5, 5.41) is 7.39. The number of aromatic nitrogens is 2. The molecule has 9 heavy (non-hydrogen) atoms. The van der Waals surface area contributed by atoms with Gasteiger partial charge in [-0.05, 0) is 11.5 Å². The summed E-state index contributed by atoms with van der Waals surface area (Å²) in [5.41, 5.74) is 1.21. The quantitative estimate of drug-likeness (QED) is 0.526. The minimum atomic E-state index is 0. The van der Waals surface area contributed by atoms with E-state index in [-0.39, 0.29) is 58.2 Å². The summed E-state index contributed by atoms with van der Waals surface area (Å²) in [5.74, 6) is 0.560. The minimum Gasteiger partial charge on any atom is -0.582 e. The largest absolute Gasteiger partial charge is 1.00 e. The standard InChI is InChI=1S/C6H9N2.Rb/c1-5(2)6-3-7-8-4-6;/h3-5H,1-2H3;/q-1;+1. The Hall–Kier alpha value is 1.02. The fraction of sp³-hybridized carbons (Fsp3) is 0.500. The van der Waals surface area contributed by atoms with Gasteiger partial charge in [-0.2, -0.15) is 6.20 Å². The first-order valence-corrected chi connectivity index (χ1v) is 2.74.